The molecule has 2 aliphatic heterocycles. The Morgan fingerprint density at radius 3 is 3.04 bits per heavy atom. The number of nitrogens with zero attached hydrogens (tertiary/aromatic N) is 4. The molecule has 0 radical (unpaired) electrons. The standard InChI is InChI=1S/C17H14N4O4S/c1-25-13-9-3-2-4-11(9)20-6-8(18-17(20)19-13)5-10-14(22)21-12(16(23)24)7-26-15(10)21/h5-7,15H,2-4H2,1H3,(H,23,24)/t15-/m1/s1. The molecule has 1 amide bonds. The molecule has 132 valence electrons. The molecule has 8 nitrogen and oxygen atoms in total. The van der Waals surface area contributed by atoms with Crippen molar-refractivity contribution in [2.24, 2.45) is 0 Å². The fraction of sp³-hybridized carbons (Fsp3) is 0.294. The number of amides is 1. The van der Waals surface area contributed by atoms with Crippen LogP contribution in [0.25, 0.3) is 11.9 Å². The molecule has 1 saturated heterocycles. The summed E-state index contributed by atoms with van der Waals surface area (Å²) in [6.45, 7) is 0. The van der Waals surface area contributed by atoms with Gasteiger partial charge >= 0.3 is 5.97 Å². The summed E-state index contributed by atoms with van der Waals surface area (Å²) in [5.41, 5.74) is 3.47. The maximum absolute atomic E-state index is 12.3. The molecule has 1 atom stereocenters. The lowest BCUT2D eigenvalue weighted by Gasteiger charge is -2.36. The molecule has 1 aliphatic carbocycles. The number of ether oxygens (including phenoxy) is 1. The van der Waals surface area contributed by atoms with Gasteiger partial charge in [-0.3, -0.25) is 14.1 Å². The van der Waals surface area contributed by atoms with Crippen molar-refractivity contribution < 1.29 is 19.4 Å². The number of imidazole rings is 1. The Hall–Kier alpha value is -2.81. The van der Waals surface area contributed by atoms with Gasteiger partial charge in [0, 0.05) is 22.9 Å². The minimum Gasteiger partial charge on any atom is -0.481 e. The van der Waals surface area contributed by atoms with Gasteiger partial charge < -0.3 is 9.84 Å². The first kappa shape index (κ1) is 15.4. The first-order valence-corrected chi connectivity index (χ1v) is 9.11. The summed E-state index contributed by atoms with van der Waals surface area (Å²) in [7, 11) is 1.61. The molecule has 5 rings (SSSR count). The lowest BCUT2D eigenvalue weighted by atomic mass is 10.0. The van der Waals surface area contributed by atoms with Crippen molar-refractivity contribution in [2.75, 3.05) is 7.11 Å². The molecule has 1 N–H and O–H groups in total. The highest BCUT2D eigenvalue weighted by atomic mass is 32.2. The maximum atomic E-state index is 12.3. The fourth-order valence-corrected chi connectivity index (χ4v) is 4.83. The number of hydrogen-bond acceptors (Lipinski definition) is 6. The number of aliphatic carboxylic acids is 1. The Balaban J connectivity index is 1.53. The van der Waals surface area contributed by atoms with E-state index in [0.29, 0.717) is 22.9 Å². The van der Waals surface area contributed by atoms with Gasteiger partial charge in [0.15, 0.2) is 0 Å². The number of hydrogen-bond donors (Lipinski definition) is 1. The number of carbonyl (C=O) groups is 2. The van der Waals surface area contributed by atoms with E-state index >= 15 is 0 Å². The molecule has 4 heterocycles. The van der Waals surface area contributed by atoms with Crippen LogP contribution >= 0.6 is 11.8 Å². The van der Waals surface area contributed by atoms with Gasteiger partial charge in [-0.2, -0.15) is 4.98 Å². The maximum Gasteiger partial charge on any atom is 0.353 e. The van der Waals surface area contributed by atoms with E-state index in [1.165, 1.54) is 22.1 Å². The number of aromatic nitrogens is 3. The number of carboxylic acid groups (broad SMARTS) is 1. The number of fused-ring (bicyclic) bond motifs is 4. The number of thioether (sulfide) groups is 1. The molecule has 26 heavy (non-hydrogen) atoms. The summed E-state index contributed by atoms with van der Waals surface area (Å²) >= 11 is 1.32. The van der Waals surface area contributed by atoms with E-state index < -0.39 is 5.97 Å². The van der Waals surface area contributed by atoms with Crippen molar-refractivity contribution in [1.29, 1.82) is 0 Å². The zero-order valence-electron chi connectivity index (χ0n) is 13.8. The summed E-state index contributed by atoms with van der Waals surface area (Å²) in [4.78, 5) is 33.8. The molecular weight excluding hydrogens is 356 g/mol. The predicted molar refractivity (Wildman–Crippen MR) is 93.5 cm³/mol. The first-order chi connectivity index (χ1) is 12.6. The number of rotatable bonds is 3. The minimum absolute atomic E-state index is 0.0291. The summed E-state index contributed by atoms with van der Waals surface area (Å²) in [6, 6.07) is 0. The molecule has 0 unspecified atom stereocenters. The number of aryl methyl sites for hydroxylation is 1. The van der Waals surface area contributed by atoms with Crippen LogP contribution in [-0.4, -0.2) is 48.7 Å². The van der Waals surface area contributed by atoms with E-state index in [2.05, 4.69) is 9.97 Å². The van der Waals surface area contributed by atoms with Crippen LogP contribution in [0.1, 0.15) is 23.4 Å². The summed E-state index contributed by atoms with van der Waals surface area (Å²) in [6.07, 6.45) is 6.52. The van der Waals surface area contributed by atoms with Gasteiger partial charge in [-0.15, -0.1) is 11.8 Å². The number of carboxylic acids is 1. The second-order valence-corrected chi connectivity index (χ2v) is 7.26. The average molecular weight is 370 g/mol. The van der Waals surface area contributed by atoms with Crippen molar-refractivity contribution in [3.63, 3.8) is 0 Å². The number of carbonyl (C=O) groups excluding carboxylic acids is 1. The van der Waals surface area contributed by atoms with Gasteiger partial charge in [0.25, 0.3) is 5.91 Å². The quantitative estimate of drug-likeness (QED) is 0.645. The summed E-state index contributed by atoms with van der Waals surface area (Å²) in [5, 5.41) is 10.4. The van der Waals surface area contributed by atoms with Crippen molar-refractivity contribution in [3.8, 4) is 5.88 Å². The molecule has 0 saturated carbocycles. The lowest BCUT2D eigenvalue weighted by Crippen LogP contribution is -2.51. The highest BCUT2D eigenvalue weighted by Crippen LogP contribution is 2.45. The molecule has 3 aliphatic rings. The Morgan fingerprint density at radius 2 is 2.27 bits per heavy atom. The molecule has 0 bridgehead atoms. The Morgan fingerprint density at radius 1 is 1.42 bits per heavy atom. The third-order valence-electron chi connectivity index (χ3n) is 4.90. The topological polar surface area (TPSA) is 97.0 Å². The Kier molecular flexibility index (Phi) is 3.17. The van der Waals surface area contributed by atoms with Gasteiger partial charge in [-0.1, -0.05) is 0 Å². The second-order valence-electron chi connectivity index (χ2n) is 6.31. The van der Waals surface area contributed by atoms with Crippen LogP contribution in [0.5, 0.6) is 5.88 Å². The van der Waals surface area contributed by atoms with Gasteiger partial charge in [-0.05, 0) is 25.3 Å². The Labute approximate surface area is 152 Å². The van der Waals surface area contributed by atoms with E-state index in [1.54, 1.807) is 13.2 Å². The van der Waals surface area contributed by atoms with Crippen molar-refractivity contribution >= 4 is 35.5 Å². The number of methoxy groups -OCH3 is 1. The van der Waals surface area contributed by atoms with Crippen LogP contribution in [0, 0.1) is 0 Å². The molecule has 2 aromatic rings. The predicted octanol–water partition coefficient (Wildman–Crippen LogP) is 1.45. The van der Waals surface area contributed by atoms with E-state index in [0.717, 1.165) is 30.5 Å². The van der Waals surface area contributed by atoms with Crippen LogP contribution in [0.3, 0.4) is 0 Å². The van der Waals surface area contributed by atoms with Crippen molar-refractivity contribution in [2.45, 2.75) is 24.6 Å². The minimum atomic E-state index is -1.09. The molecular formula is C17H14N4O4S. The normalized spacial score (nSPS) is 22.4. The van der Waals surface area contributed by atoms with Crippen LogP contribution in [0.15, 0.2) is 22.9 Å². The average Bonchev–Trinajstić information content (AvgIpc) is 3.33. The molecule has 1 fully saturated rings. The zero-order chi connectivity index (χ0) is 18.0. The molecule has 0 aromatic carbocycles. The molecule has 0 spiro atoms. The molecule has 9 heteroatoms. The highest BCUT2D eigenvalue weighted by Gasteiger charge is 2.49. The summed E-state index contributed by atoms with van der Waals surface area (Å²) in [5.74, 6) is -0.225. The monoisotopic (exact) mass is 370 g/mol. The molecule has 2 aromatic heterocycles. The van der Waals surface area contributed by atoms with E-state index in [4.69, 9.17) is 9.84 Å². The van der Waals surface area contributed by atoms with Gasteiger partial charge in [0.1, 0.15) is 11.1 Å². The van der Waals surface area contributed by atoms with Gasteiger partial charge in [0.05, 0.1) is 18.4 Å². The SMILES string of the molecule is COc1nc2nc(C=C3C(=O)N4C(C(=O)O)=CS[C@H]34)cn2c2c1CCC2. The second kappa shape index (κ2) is 5.34. The smallest absolute Gasteiger partial charge is 0.353 e. The summed E-state index contributed by atoms with van der Waals surface area (Å²) < 4.78 is 7.35. The third kappa shape index (κ3) is 1.97. The van der Waals surface area contributed by atoms with Gasteiger partial charge in [0.2, 0.25) is 11.7 Å². The van der Waals surface area contributed by atoms with Crippen LogP contribution < -0.4 is 4.74 Å². The highest BCUT2D eigenvalue weighted by molar-refractivity contribution is 8.03. The largest absolute Gasteiger partial charge is 0.481 e. The van der Waals surface area contributed by atoms with Crippen LogP contribution in [-0.2, 0) is 22.4 Å². The van der Waals surface area contributed by atoms with Crippen LogP contribution in [0.4, 0.5) is 0 Å². The fourth-order valence-electron chi connectivity index (χ4n) is 3.71. The van der Waals surface area contributed by atoms with E-state index in [1.807, 2.05) is 10.6 Å². The Bertz CT molecular complexity index is 1050. The van der Waals surface area contributed by atoms with E-state index in [-0.39, 0.29) is 17.0 Å². The van der Waals surface area contributed by atoms with Gasteiger partial charge in [-0.25, -0.2) is 9.78 Å². The lowest BCUT2D eigenvalue weighted by molar-refractivity contribution is -0.141. The first-order valence-electron chi connectivity index (χ1n) is 8.17. The van der Waals surface area contributed by atoms with Crippen LogP contribution in [0.2, 0.25) is 0 Å². The third-order valence-corrected chi connectivity index (χ3v) is 5.98. The number of β-lactam (4-membered cyclic amide) rings is 1. The van der Waals surface area contributed by atoms with Crippen molar-refractivity contribution in [3.05, 3.63) is 39.8 Å². The van der Waals surface area contributed by atoms with Crippen molar-refractivity contribution in [1.82, 2.24) is 19.3 Å². The zero-order valence-corrected chi connectivity index (χ0v) is 14.6. The van der Waals surface area contributed by atoms with E-state index in [9.17, 15) is 9.59 Å².